The van der Waals surface area contributed by atoms with Gasteiger partial charge in [0.2, 0.25) is 11.2 Å². The number of nitrogens with zero attached hydrogens (tertiary/aromatic N) is 4. The third kappa shape index (κ3) is 9.51. The lowest BCUT2D eigenvalue weighted by Crippen LogP contribution is -2.43. The molecule has 2 aliphatic carbocycles. The van der Waals surface area contributed by atoms with Gasteiger partial charge >= 0.3 is 5.97 Å². The molecule has 0 amide bonds. The Balaban J connectivity index is 0.885. The first kappa shape index (κ1) is 45.8. The number of ether oxygens (including phenoxy) is 1. The highest BCUT2D eigenvalue weighted by atomic mass is 79.9. The number of aliphatic hydroxyl groups is 1. The standard InChI is InChI=1S/C47H59BrN6O6S2Si/c1-46(2,3)63(5,6)60-38(33-17-19-37(55)43-34(33)18-22-42(56)50-43)28-49-27-29-26-36-44(35-11-7-10-32(29)35)54(52-51-36)24-9-23-53(4)30-13-15-31(16-14-30)59-45(57)47(58,39-12-8-25-61-39)40-20-21-41(48)62-40/h8,12,17-22,25-26,30-31,38,49,55,58H,7,9-11,13-16,23-24,27-28H2,1-6H3,(H,50,56)/t30-,31-,38-,47+/m0/s1. The van der Waals surface area contributed by atoms with Crippen molar-refractivity contribution in [1.29, 1.82) is 0 Å². The number of aromatic hydroxyl groups is 1. The van der Waals surface area contributed by atoms with E-state index in [-0.39, 0.29) is 28.6 Å². The van der Waals surface area contributed by atoms with Crippen LogP contribution in [0.2, 0.25) is 18.1 Å². The number of fused-ring (bicyclic) bond motifs is 4. The van der Waals surface area contributed by atoms with Gasteiger partial charge in [-0.3, -0.25) is 4.79 Å². The molecule has 1 fully saturated rings. The van der Waals surface area contributed by atoms with Crippen molar-refractivity contribution in [3.63, 3.8) is 0 Å². The van der Waals surface area contributed by atoms with Crippen molar-refractivity contribution in [3.05, 3.63) is 106 Å². The third-order valence-electron chi connectivity index (χ3n) is 13.6. The van der Waals surface area contributed by atoms with Crippen LogP contribution < -0.4 is 10.9 Å². The van der Waals surface area contributed by atoms with Gasteiger partial charge in [0.1, 0.15) is 17.4 Å². The Morgan fingerprint density at radius 2 is 1.86 bits per heavy atom. The van der Waals surface area contributed by atoms with Crippen LogP contribution in [0.4, 0.5) is 0 Å². The molecule has 16 heteroatoms. The fourth-order valence-corrected chi connectivity index (χ4v) is 12.7. The molecule has 0 saturated heterocycles. The van der Waals surface area contributed by atoms with E-state index in [0.717, 1.165) is 90.2 Å². The summed E-state index contributed by atoms with van der Waals surface area (Å²) >= 11 is 6.17. The van der Waals surface area contributed by atoms with Crippen molar-refractivity contribution in [3.8, 4) is 5.75 Å². The molecule has 336 valence electrons. The number of rotatable bonds is 16. The van der Waals surface area contributed by atoms with Crippen LogP contribution in [0.1, 0.15) is 97.4 Å². The first-order chi connectivity index (χ1) is 30.0. The van der Waals surface area contributed by atoms with E-state index < -0.39 is 19.9 Å². The summed E-state index contributed by atoms with van der Waals surface area (Å²) in [6.45, 7) is 14.1. The Morgan fingerprint density at radius 3 is 2.57 bits per heavy atom. The summed E-state index contributed by atoms with van der Waals surface area (Å²) in [6.07, 6.45) is 6.88. The summed E-state index contributed by atoms with van der Waals surface area (Å²) in [5.41, 5.74) is 5.34. The van der Waals surface area contributed by atoms with E-state index in [2.05, 4.69) is 93.1 Å². The smallest absolute Gasteiger partial charge is 0.349 e. The quantitative estimate of drug-likeness (QED) is 0.0545. The van der Waals surface area contributed by atoms with Crippen molar-refractivity contribution in [2.45, 2.75) is 127 Å². The fourth-order valence-electron chi connectivity index (χ4n) is 9.09. The highest BCUT2D eigenvalue weighted by molar-refractivity contribution is 9.11. The molecule has 0 bridgehead atoms. The van der Waals surface area contributed by atoms with Gasteiger partial charge in [-0.1, -0.05) is 38.1 Å². The van der Waals surface area contributed by atoms with Gasteiger partial charge < -0.3 is 34.6 Å². The molecule has 2 aromatic carbocycles. The summed E-state index contributed by atoms with van der Waals surface area (Å²) in [7, 11) is -0.0402. The van der Waals surface area contributed by atoms with Gasteiger partial charge in [-0.25, -0.2) is 9.48 Å². The highest BCUT2D eigenvalue weighted by Crippen LogP contribution is 2.43. The van der Waals surface area contributed by atoms with Gasteiger partial charge in [0.05, 0.1) is 30.7 Å². The molecule has 2 atom stereocenters. The number of thiophene rings is 2. The molecule has 4 N–H and O–H groups in total. The number of aromatic amines is 1. The van der Waals surface area contributed by atoms with E-state index >= 15 is 0 Å². The van der Waals surface area contributed by atoms with Crippen LogP contribution in [0.3, 0.4) is 0 Å². The fraction of sp³-hybridized carbons (Fsp3) is 0.489. The summed E-state index contributed by atoms with van der Waals surface area (Å²) in [6, 6.07) is 16.7. The number of phenols is 1. The monoisotopic (exact) mass is 974 g/mol. The van der Waals surface area contributed by atoms with Gasteiger partial charge in [0, 0.05) is 37.1 Å². The van der Waals surface area contributed by atoms with E-state index in [0.29, 0.717) is 34.4 Å². The Morgan fingerprint density at radius 1 is 1.08 bits per heavy atom. The summed E-state index contributed by atoms with van der Waals surface area (Å²) in [5, 5.41) is 38.1. The van der Waals surface area contributed by atoms with Crippen molar-refractivity contribution in [2.75, 3.05) is 20.1 Å². The number of carbonyl (C=O) groups excluding carboxylic acids is 1. The number of nitrogens with one attached hydrogen (secondary N) is 2. The van der Waals surface area contributed by atoms with Crippen LogP contribution in [0.5, 0.6) is 5.75 Å². The van der Waals surface area contributed by atoms with E-state index in [1.54, 1.807) is 24.3 Å². The minimum Gasteiger partial charge on any atom is -0.506 e. The maximum atomic E-state index is 13.6. The van der Waals surface area contributed by atoms with E-state index in [1.165, 1.54) is 45.4 Å². The number of hydrogen-bond donors (Lipinski definition) is 4. The minimum atomic E-state index is -2.23. The summed E-state index contributed by atoms with van der Waals surface area (Å²) in [4.78, 5) is 32.2. The molecule has 8 rings (SSSR count). The lowest BCUT2D eigenvalue weighted by atomic mass is 9.91. The SMILES string of the molecule is CN(CCCn1nnc2cc(CNC[C@H](O[Si](C)(C)C(C)(C)C)c3ccc(O)c4[nH]c(=O)ccc34)c3c(c21)CCC3)[C@H]1CC[C@H](OC(=O)[C@@](O)(c2cccs2)c2ccc(Br)s2)CC1. The average Bonchev–Trinajstić information content (AvgIpc) is 4.09. The predicted octanol–water partition coefficient (Wildman–Crippen LogP) is 9.32. The van der Waals surface area contributed by atoms with Gasteiger partial charge in [-0.05, 0) is 163 Å². The topological polar surface area (TPSA) is 155 Å². The second-order valence-electron chi connectivity index (χ2n) is 18.8. The number of aryl methyl sites for hydroxylation is 2. The average molecular weight is 976 g/mol. The van der Waals surface area contributed by atoms with Gasteiger partial charge in [0.15, 0.2) is 8.32 Å². The predicted molar refractivity (Wildman–Crippen MR) is 257 cm³/mol. The molecular formula is C47H59BrN6O6S2Si. The molecule has 4 aromatic heterocycles. The van der Waals surface area contributed by atoms with Gasteiger partial charge in [-0.2, -0.15) is 0 Å². The molecule has 4 heterocycles. The Hall–Kier alpha value is -3.74. The van der Waals surface area contributed by atoms with Crippen LogP contribution in [0, 0.1) is 0 Å². The number of benzene rings is 2. The lowest BCUT2D eigenvalue weighted by molar-refractivity contribution is -0.169. The number of aromatic nitrogens is 4. The number of phenolic OH excluding ortho intramolecular Hbond substituents is 1. The lowest BCUT2D eigenvalue weighted by Gasteiger charge is -2.39. The Bertz CT molecular complexity index is 2630. The Kier molecular flexibility index (Phi) is 13.5. The molecule has 0 radical (unpaired) electrons. The second-order valence-corrected chi connectivity index (χ2v) is 26.9. The molecule has 1 saturated carbocycles. The Labute approximate surface area is 386 Å². The number of hydrogen-bond acceptors (Lipinski definition) is 12. The van der Waals surface area contributed by atoms with E-state index in [4.69, 9.17) is 9.16 Å². The largest absolute Gasteiger partial charge is 0.506 e. The molecule has 2 aliphatic rings. The zero-order valence-corrected chi connectivity index (χ0v) is 41.2. The van der Waals surface area contributed by atoms with Gasteiger partial charge in [-0.15, -0.1) is 27.8 Å². The number of halogens is 1. The highest BCUT2D eigenvalue weighted by Gasteiger charge is 2.45. The van der Waals surface area contributed by atoms with Crippen molar-refractivity contribution in [1.82, 2.24) is 30.2 Å². The number of H-pyrrole nitrogens is 1. The normalized spacial score (nSPS) is 18.6. The van der Waals surface area contributed by atoms with Crippen LogP contribution in [0.25, 0.3) is 21.9 Å². The number of carbonyl (C=O) groups is 1. The van der Waals surface area contributed by atoms with Crippen LogP contribution in [-0.4, -0.2) is 81.7 Å². The van der Waals surface area contributed by atoms with Gasteiger partial charge in [0.25, 0.3) is 0 Å². The van der Waals surface area contributed by atoms with Crippen molar-refractivity contribution >= 4 is 74.8 Å². The number of esters is 1. The molecule has 0 aliphatic heterocycles. The summed E-state index contributed by atoms with van der Waals surface area (Å²) < 4.78 is 16.0. The maximum Gasteiger partial charge on any atom is 0.349 e. The van der Waals surface area contributed by atoms with Crippen LogP contribution in [0.15, 0.2) is 68.6 Å². The molecule has 63 heavy (non-hydrogen) atoms. The molecule has 0 unspecified atom stereocenters. The molecular weight excluding hydrogens is 917 g/mol. The van der Waals surface area contributed by atoms with E-state index in [9.17, 15) is 19.8 Å². The molecule has 12 nitrogen and oxygen atoms in total. The van der Waals surface area contributed by atoms with Crippen molar-refractivity contribution in [2.24, 2.45) is 0 Å². The first-order valence-electron chi connectivity index (χ1n) is 22.1. The van der Waals surface area contributed by atoms with Crippen LogP contribution in [-0.2, 0) is 45.5 Å². The maximum absolute atomic E-state index is 13.6. The zero-order valence-electron chi connectivity index (χ0n) is 37.0. The minimum absolute atomic E-state index is 0.0133. The third-order valence-corrected chi connectivity index (χ3v) is 20.8. The summed E-state index contributed by atoms with van der Waals surface area (Å²) in [5.74, 6) is -0.565. The van der Waals surface area contributed by atoms with Crippen LogP contribution >= 0.6 is 38.6 Å². The second kappa shape index (κ2) is 18.6. The number of pyridine rings is 1. The first-order valence-corrected chi connectivity index (χ1v) is 27.5. The van der Waals surface area contributed by atoms with E-state index in [1.807, 2.05) is 23.6 Å². The van der Waals surface area contributed by atoms with Crippen molar-refractivity contribution < 1.29 is 24.2 Å². The molecule has 0 spiro atoms. The zero-order chi connectivity index (χ0) is 44.7. The molecule has 6 aromatic rings.